The first-order valence-corrected chi connectivity index (χ1v) is 9.36. The van der Waals surface area contributed by atoms with E-state index in [9.17, 15) is 4.79 Å². The molecule has 6 nitrogen and oxygen atoms in total. The molecule has 1 amide bonds. The van der Waals surface area contributed by atoms with Crippen molar-refractivity contribution < 1.29 is 9.53 Å². The van der Waals surface area contributed by atoms with Crippen molar-refractivity contribution in [3.05, 3.63) is 41.7 Å². The summed E-state index contributed by atoms with van der Waals surface area (Å²) in [5, 5.41) is 7.21. The third-order valence-electron chi connectivity index (χ3n) is 4.66. The maximum absolute atomic E-state index is 12.2. The Hall–Kier alpha value is -2.34. The number of aromatic nitrogens is 2. The van der Waals surface area contributed by atoms with Crippen molar-refractivity contribution in [3.63, 3.8) is 0 Å². The molecule has 1 fully saturated rings. The SMILES string of the molecule is Cc1cc(C)n(CC(=O)Nc2ccc(OCCN3CCCCC3)cc2)n1. The van der Waals surface area contributed by atoms with Gasteiger partial charge in [0.15, 0.2) is 0 Å². The van der Waals surface area contributed by atoms with Gasteiger partial charge in [-0.2, -0.15) is 5.10 Å². The Morgan fingerprint density at radius 1 is 1.15 bits per heavy atom. The highest BCUT2D eigenvalue weighted by Gasteiger charge is 2.10. The Balaban J connectivity index is 1.43. The molecule has 0 bridgehead atoms. The molecule has 0 saturated carbocycles. The number of hydrogen-bond acceptors (Lipinski definition) is 4. The minimum Gasteiger partial charge on any atom is -0.492 e. The number of benzene rings is 1. The lowest BCUT2D eigenvalue weighted by Crippen LogP contribution is -2.33. The number of hydrogen-bond donors (Lipinski definition) is 1. The lowest BCUT2D eigenvalue weighted by Gasteiger charge is -2.26. The summed E-state index contributed by atoms with van der Waals surface area (Å²) in [6.07, 6.45) is 3.95. The van der Waals surface area contributed by atoms with Crippen LogP contribution in [-0.2, 0) is 11.3 Å². The Morgan fingerprint density at radius 2 is 1.88 bits per heavy atom. The van der Waals surface area contributed by atoms with Crippen LogP contribution in [0.3, 0.4) is 0 Å². The van der Waals surface area contributed by atoms with Crippen LogP contribution in [0.1, 0.15) is 30.7 Å². The van der Waals surface area contributed by atoms with Gasteiger partial charge in [-0.25, -0.2) is 0 Å². The van der Waals surface area contributed by atoms with E-state index in [0.29, 0.717) is 6.61 Å². The molecule has 1 aromatic carbocycles. The second-order valence-corrected chi connectivity index (χ2v) is 6.91. The number of amides is 1. The number of piperidine rings is 1. The van der Waals surface area contributed by atoms with Crippen LogP contribution in [0.4, 0.5) is 5.69 Å². The van der Waals surface area contributed by atoms with E-state index < -0.39 is 0 Å². The van der Waals surface area contributed by atoms with Crippen LogP contribution in [0.2, 0.25) is 0 Å². The average molecular weight is 356 g/mol. The van der Waals surface area contributed by atoms with Gasteiger partial charge in [0, 0.05) is 17.9 Å². The number of nitrogens with zero attached hydrogens (tertiary/aromatic N) is 3. The van der Waals surface area contributed by atoms with Gasteiger partial charge in [-0.05, 0) is 70.1 Å². The van der Waals surface area contributed by atoms with Crippen molar-refractivity contribution in [2.45, 2.75) is 39.7 Å². The lowest BCUT2D eigenvalue weighted by molar-refractivity contribution is -0.116. The van der Waals surface area contributed by atoms with Crippen LogP contribution >= 0.6 is 0 Å². The Bertz CT molecular complexity index is 718. The normalized spacial score (nSPS) is 15.0. The van der Waals surface area contributed by atoms with Crippen LogP contribution in [0.15, 0.2) is 30.3 Å². The molecule has 1 aromatic heterocycles. The van der Waals surface area contributed by atoms with Crippen molar-refractivity contribution in [3.8, 4) is 5.75 Å². The third-order valence-corrected chi connectivity index (χ3v) is 4.66. The van der Waals surface area contributed by atoms with Crippen molar-refractivity contribution in [2.75, 3.05) is 31.6 Å². The Labute approximate surface area is 155 Å². The fourth-order valence-electron chi connectivity index (χ4n) is 3.28. The molecule has 1 N–H and O–H groups in total. The number of likely N-dealkylation sites (tertiary alicyclic amines) is 1. The molecule has 0 unspecified atom stereocenters. The molecule has 0 aliphatic carbocycles. The zero-order valence-corrected chi connectivity index (χ0v) is 15.7. The van der Waals surface area contributed by atoms with E-state index in [0.717, 1.165) is 29.4 Å². The fourth-order valence-corrected chi connectivity index (χ4v) is 3.28. The highest BCUT2D eigenvalue weighted by atomic mass is 16.5. The summed E-state index contributed by atoms with van der Waals surface area (Å²) in [6, 6.07) is 9.50. The van der Waals surface area contributed by atoms with E-state index in [2.05, 4.69) is 15.3 Å². The van der Waals surface area contributed by atoms with E-state index in [1.165, 1.54) is 32.4 Å². The molecule has 0 atom stereocenters. The van der Waals surface area contributed by atoms with Crippen molar-refractivity contribution in [1.82, 2.24) is 14.7 Å². The van der Waals surface area contributed by atoms with Gasteiger partial charge in [-0.1, -0.05) is 6.42 Å². The van der Waals surface area contributed by atoms with Gasteiger partial charge >= 0.3 is 0 Å². The third kappa shape index (κ3) is 5.33. The number of aryl methyl sites for hydroxylation is 2. The molecule has 1 saturated heterocycles. The molecule has 1 aliphatic rings. The zero-order valence-electron chi connectivity index (χ0n) is 15.7. The summed E-state index contributed by atoms with van der Waals surface area (Å²) in [4.78, 5) is 14.6. The van der Waals surface area contributed by atoms with E-state index in [4.69, 9.17) is 4.74 Å². The summed E-state index contributed by atoms with van der Waals surface area (Å²) >= 11 is 0. The average Bonchev–Trinajstić information content (AvgIpc) is 2.94. The van der Waals surface area contributed by atoms with Gasteiger partial charge in [0.25, 0.3) is 0 Å². The monoisotopic (exact) mass is 356 g/mol. The number of anilines is 1. The summed E-state index contributed by atoms with van der Waals surface area (Å²) < 4.78 is 7.53. The van der Waals surface area contributed by atoms with Crippen LogP contribution in [0.25, 0.3) is 0 Å². The van der Waals surface area contributed by atoms with Crippen LogP contribution in [-0.4, -0.2) is 46.8 Å². The number of ether oxygens (including phenoxy) is 1. The van der Waals surface area contributed by atoms with E-state index in [-0.39, 0.29) is 12.5 Å². The van der Waals surface area contributed by atoms with Crippen molar-refractivity contribution in [1.29, 1.82) is 0 Å². The molecule has 0 radical (unpaired) electrons. The van der Waals surface area contributed by atoms with E-state index in [1.54, 1.807) is 4.68 Å². The molecule has 2 heterocycles. The zero-order chi connectivity index (χ0) is 18.4. The maximum atomic E-state index is 12.2. The first-order chi connectivity index (χ1) is 12.6. The highest BCUT2D eigenvalue weighted by Crippen LogP contribution is 2.16. The summed E-state index contributed by atoms with van der Waals surface area (Å²) in [5.74, 6) is 0.744. The maximum Gasteiger partial charge on any atom is 0.246 e. The minimum absolute atomic E-state index is 0.0880. The van der Waals surface area contributed by atoms with Gasteiger partial charge < -0.3 is 10.1 Å². The second-order valence-electron chi connectivity index (χ2n) is 6.91. The van der Waals surface area contributed by atoms with E-state index >= 15 is 0 Å². The summed E-state index contributed by atoms with van der Waals surface area (Å²) in [7, 11) is 0. The first kappa shape index (κ1) is 18.5. The molecule has 140 valence electrons. The number of rotatable bonds is 7. The lowest BCUT2D eigenvalue weighted by atomic mass is 10.1. The smallest absolute Gasteiger partial charge is 0.246 e. The fraction of sp³-hybridized carbons (Fsp3) is 0.500. The summed E-state index contributed by atoms with van der Waals surface area (Å²) in [5.41, 5.74) is 2.66. The first-order valence-electron chi connectivity index (χ1n) is 9.36. The minimum atomic E-state index is -0.0880. The Morgan fingerprint density at radius 3 is 2.54 bits per heavy atom. The van der Waals surface area contributed by atoms with Gasteiger partial charge in [0.05, 0.1) is 5.69 Å². The molecule has 2 aromatic rings. The molecule has 26 heavy (non-hydrogen) atoms. The molecular weight excluding hydrogens is 328 g/mol. The van der Waals surface area contributed by atoms with E-state index in [1.807, 2.05) is 44.2 Å². The molecular formula is C20H28N4O2. The summed E-state index contributed by atoms with van der Waals surface area (Å²) in [6.45, 7) is 8.13. The number of carbonyl (C=O) groups excluding carboxylic acids is 1. The topological polar surface area (TPSA) is 59.4 Å². The van der Waals surface area contributed by atoms with Gasteiger partial charge in [-0.15, -0.1) is 0 Å². The number of nitrogens with one attached hydrogen (secondary N) is 1. The Kier molecular flexibility index (Phi) is 6.28. The van der Waals surface area contributed by atoms with Gasteiger partial charge in [0.2, 0.25) is 5.91 Å². The standard InChI is InChI=1S/C20H28N4O2/c1-16-14-17(2)24(22-16)15-20(25)21-18-6-8-19(9-7-18)26-13-12-23-10-4-3-5-11-23/h6-9,14H,3-5,10-13,15H2,1-2H3,(H,21,25). The molecule has 0 spiro atoms. The molecule has 3 rings (SSSR count). The van der Waals surface area contributed by atoms with Gasteiger partial charge in [0.1, 0.15) is 18.9 Å². The number of carbonyl (C=O) groups is 1. The molecule has 6 heteroatoms. The quantitative estimate of drug-likeness (QED) is 0.828. The van der Waals surface area contributed by atoms with Gasteiger partial charge in [-0.3, -0.25) is 14.4 Å². The highest BCUT2D eigenvalue weighted by molar-refractivity contribution is 5.90. The van der Waals surface area contributed by atoms with Crippen LogP contribution < -0.4 is 10.1 Å². The van der Waals surface area contributed by atoms with Crippen molar-refractivity contribution >= 4 is 11.6 Å². The predicted octanol–water partition coefficient (Wildman–Crippen LogP) is 3.00. The second kappa shape index (κ2) is 8.85. The predicted molar refractivity (Wildman–Crippen MR) is 103 cm³/mol. The largest absolute Gasteiger partial charge is 0.492 e. The van der Waals surface area contributed by atoms with Crippen LogP contribution in [0, 0.1) is 13.8 Å². The van der Waals surface area contributed by atoms with Crippen LogP contribution in [0.5, 0.6) is 5.75 Å². The molecule has 1 aliphatic heterocycles. The van der Waals surface area contributed by atoms with Crippen molar-refractivity contribution in [2.24, 2.45) is 0 Å².